The van der Waals surface area contributed by atoms with Crippen molar-refractivity contribution in [1.82, 2.24) is 19.4 Å². The van der Waals surface area contributed by atoms with Crippen molar-refractivity contribution in [2.75, 3.05) is 0 Å². The van der Waals surface area contributed by atoms with E-state index in [1.54, 1.807) is 18.4 Å². The first kappa shape index (κ1) is 18.7. The summed E-state index contributed by atoms with van der Waals surface area (Å²) in [6.07, 6.45) is 2.98. The summed E-state index contributed by atoms with van der Waals surface area (Å²) in [4.78, 5) is 29.9. The Bertz CT molecular complexity index is 1230. The molecule has 7 nitrogen and oxygen atoms in total. The number of nitrogens with one attached hydrogen (secondary N) is 1. The molecule has 0 saturated heterocycles. The summed E-state index contributed by atoms with van der Waals surface area (Å²) in [6, 6.07) is 11.6. The average molecular weight is 390 g/mol. The third-order valence-electron chi connectivity index (χ3n) is 5.13. The zero-order chi connectivity index (χ0) is 20.5. The SMILES string of the molecule is Cc1ccc(-n2c(C)c(C)c3c(=O)n(CC(=O)NCc4ccco4)cnc32)cc1. The van der Waals surface area contributed by atoms with Crippen LogP contribution in [0.2, 0.25) is 0 Å². The van der Waals surface area contributed by atoms with E-state index >= 15 is 0 Å². The summed E-state index contributed by atoms with van der Waals surface area (Å²) in [7, 11) is 0. The summed E-state index contributed by atoms with van der Waals surface area (Å²) in [5.41, 5.74) is 4.30. The van der Waals surface area contributed by atoms with Crippen LogP contribution in [0.3, 0.4) is 0 Å². The molecule has 3 heterocycles. The van der Waals surface area contributed by atoms with Crippen molar-refractivity contribution in [3.63, 3.8) is 0 Å². The van der Waals surface area contributed by atoms with Crippen LogP contribution >= 0.6 is 0 Å². The number of carbonyl (C=O) groups is 1. The van der Waals surface area contributed by atoms with E-state index in [0.29, 0.717) is 16.8 Å². The van der Waals surface area contributed by atoms with Crippen LogP contribution in [-0.2, 0) is 17.9 Å². The largest absolute Gasteiger partial charge is 0.467 e. The maximum atomic E-state index is 13.1. The van der Waals surface area contributed by atoms with Gasteiger partial charge in [-0.1, -0.05) is 17.7 Å². The molecule has 148 valence electrons. The molecule has 0 fully saturated rings. The monoisotopic (exact) mass is 390 g/mol. The van der Waals surface area contributed by atoms with Crippen LogP contribution in [0.5, 0.6) is 0 Å². The van der Waals surface area contributed by atoms with Crippen LogP contribution in [0, 0.1) is 20.8 Å². The molecule has 1 amide bonds. The van der Waals surface area contributed by atoms with Crippen molar-refractivity contribution >= 4 is 16.9 Å². The van der Waals surface area contributed by atoms with Crippen LogP contribution in [0.4, 0.5) is 0 Å². The Kier molecular flexibility index (Phi) is 4.80. The summed E-state index contributed by atoms with van der Waals surface area (Å²) >= 11 is 0. The Morgan fingerprint density at radius 3 is 2.59 bits per heavy atom. The summed E-state index contributed by atoms with van der Waals surface area (Å²) in [5.74, 6) is 0.373. The molecule has 29 heavy (non-hydrogen) atoms. The molecule has 3 aromatic heterocycles. The molecule has 0 unspecified atom stereocenters. The van der Waals surface area contributed by atoms with Crippen molar-refractivity contribution in [2.45, 2.75) is 33.9 Å². The van der Waals surface area contributed by atoms with Crippen LogP contribution in [0.15, 0.2) is 58.2 Å². The molecule has 0 aliphatic carbocycles. The topological polar surface area (TPSA) is 82.1 Å². The predicted molar refractivity (Wildman–Crippen MR) is 110 cm³/mol. The summed E-state index contributed by atoms with van der Waals surface area (Å²) < 4.78 is 8.52. The van der Waals surface area contributed by atoms with E-state index in [0.717, 1.165) is 22.5 Å². The molecule has 0 atom stereocenters. The van der Waals surface area contributed by atoms with Gasteiger partial charge in [0.15, 0.2) is 5.65 Å². The third-order valence-corrected chi connectivity index (χ3v) is 5.13. The van der Waals surface area contributed by atoms with Gasteiger partial charge in [-0.2, -0.15) is 0 Å². The molecule has 1 aromatic carbocycles. The second-order valence-corrected chi connectivity index (χ2v) is 7.11. The van der Waals surface area contributed by atoms with E-state index < -0.39 is 0 Å². The molecule has 0 aliphatic heterocycles. The Balaban J connectivity index is 1.67. The van der Waals surface area contributed by atoms with Gasteiger partial charge in [-0.3, -0.25) is 18.7 Å². The maximum absolute atomic E-state index is 13.1. The number of amides is 1. The highest BCUT2D eigenvalue weighted by Crippen LogP contribution is 2.25. The van der Waals surface area contributed by atoms with Gasteiger partial charge in [0.2, 0.25) is 5.91 Å². The highest BCUT2D eigenvalue weighted by atomic mass is 16.3. The van der Waals surface area contributed by atoms with Crippen LogP contribution < -0.4 is 10.9 Å². The Morgan fingerprint density at radius 2 is 1.90 bits per heavy atom. The molecule has 0 spiro atoms. The highest BCUT2D eigenvalue weighted by Gasteiger charge is 2.18. The number of rotatable bonds is 5. The minimum Gasteiger partial charge on any atom is -0.467 e. The number of fused-ring (bicyclic) bond motifs is 1. The highest BCUT2D eigenvalue weighted by molar-refractivity contribution is 5.83. The van der Waals surface area contributed by atoms with Gasteiger partial charge in [-0.05, 0) is 50.6 Å². The molecule has 1 N–H and O–H groups in total. The molecule has 4 aromatic rings. The Labute approximate surface area is 167 Å². The third kappa shape index (κ3) is 3.47. The van der Waals surface area contributed by atoms with E-state index in [9.17, 15) is 9.59 Å². The van der Waals surface area contributed by atoms with E-state index in [4.69, 9.17) is 4.42 Å². The van der Waals surface area contributed by atoms with Gasteiger partial charge in [0, 0.05) is 11.4 Å². The van der Waals surface area contributed by atoms with Gasteiger partial charge in [-0.25, -0.2) is 4.98 Å². The van der Waals surface area contributed by atoms with E-state index in [2.05, 4.69) is 10.3 Å². The Morgan fingerprint density at radius 1 is 1.14 bits per heavy atom. The number of aromatic nitrogens is 3. The smallest absolute Gasteiger partial charge is 0.263 e. The number of hydrogen-bond acceptors (Lipinski definition) is 4. The molecular weight excluding hydrogens is 368 g/mol. The lowest BCUT2D eigenvalue weighted by atomic mass is 10.2. The zero-order valence-corrected chi connectivity index (χ0v) is 16.6. The second-order valence-electron chi connectivity index (χ2n) is 7.11. The van der Waals surface area contributed by atoms with Crippen molar-refractivity contribution < 1.29 is 9.21 Å². The molecule has 7 heteroatoms. The number of carbonyl (C=O) groups excluding carboxylic acids is 1. The number of benzene rings is 1. The molecule has 0 radical (unpaired) electrons. The minimum absolute atomic E-state index is 0.101. The van der Waals surface area contributed by atoms with Gasteiger partial charge in [-0.15, -0.1) is 0 Å². The standard InChI is InChI=1S/C22H22N4O3/c1-14-6-8-17(9-7-14)26-16(3)15(2)20-21(26)24-13-25(22(20)28)12-19(27)23-11-18-5-4-10-29-18/h4-10,13H,11-12H2,1-3H3,(H,23,27). The normalized spacial score (nSPS) is 11.1. The number of aryl methyl sites for hydroxylation is 2. The van der Waals surface area contributed by atoms with Gasteiger partial charge in [0.05, 0.1) is 18.2 Å². The molecular formula is C22H22N4O3. The Hall–Kier alpha value is -3.61. The lowest BCUT2D eigenvalue weighted by Crippen LogP contribution is -2.32. The first-order chi connectivity index (χ1) is 14.0. The second kappa shape index (κ2) is 7.43. The predicted octanol–water partition coefficient (Wildman–Crippen LogP) is 3.02. The van der Waals surface area contributed by atoms with Gasteiger partial charge in [0.25, 0.3) is 5.56 Å². The number of nitrogens with zero attached hydrogens (tertiary/aromatic N) is 3. The fourth-order valence-electron chi connectivity index (χ4n) is 3.42. The number of hydrogen-bond donors (Lipinski definition) is 1. The minimum atomic E-state index is -0.281. The summed E-state index contributed by atoms with van der Waals surface area (Å²) in [6.45, 7) is 6.09. The van der Waals surface area contributed by atoms with Gasteiger partial charge >= 0.3 is 0 Å². The maximum Gasteiger partial charge on any atom is 0.263 e. The molecule has 0 saturated carbocycles. The fraction of sp³-hybridized carbons (Fsp3) is 0.227. The van der Waals surface area contributed by atoms with E-state index in [1.807, 2.05) is 49.6 Å². The summed E-state index contributed by atoms with van der Waals surface area (Å²) in [5, 5.41) is 3.28. The van der Waals surface area contributed by atoms with Crippen molar-refractivity contribution in [3.05, 3.63) is 81.9 Å². The van der Waals surface area contributed by atoms with Crippen LogP contribution in [0.1, 0.15) is 22.6 Å². The molecule has 4 rings (SSSR count). The average Bonchev–Trinajstić information content (AvgIpc) is 3.31. The molecule has 0 aliphatic rings. The fourth-order valence-corrected chi connectivity index (χ4v) is 3.42. The zero-order valence-electron chi connectivity index (χ0n) is 16.6. The van der Waals surface area contributed by atoms with Crippen molar-refractivity contribution in [2.24, 2.45) is 0 Å². The van der Waals surface area contributed by atoms with Crippen LogP contribution in [-0.4, -0.2) is 20.0 Å². The van der Waals surface area contributed by atoms with Gasteiger partial charge in [0.1, 0.15) is 18.6 Å². The number of furan rings is 1. The van der Waals surface area contributed by atoms with Crippen molar-refractivity contribution in [1.29, 1.82) is 0 Å². The lowest BCUT2D eigenvalue weighted by Gasteiger charge is -2.09. The lowest BCUT2D eigenvalue weighted by molar-refractivity contribution is -0.122. The van der Waals surface area contributed by atoms with Crippen molar-refractivity contribution in [3.8, 4) is 5.69 Å². The molecule has 0 bridgehead atoms. The van der Waals surface area contributed by atoms with Gasteiger partial charge < -0.3 is 9.73 Å². The van der Waals surface area contributed by atoms with Crippen LogP contribution in [0.25, 0.3) is 16.7 Å². The van der Waals surface area contributed by atoms with E-state index in [1.165, 1.54) is 10.9 Å². The first-order valence-corrected chi connectivity index (χ1v) is 9.39. The quantitative estimate of drug-likeness (QED) is 0.568. The van der Waals surface area contributed by atoms with E-state index in [-0.39, 0.29) is 24.6 Å². The first-order valence-electron chi connectivity index (χ1n) is 9.39.